The topological polar surface area (TPSA) is 149 Å². The predicted molar refractivity (Wildman–Crippen MR) is 42.0 cm³/mol. The van der Waals surface area contributed by atoms with Crippen molar-refractivity contribution in [2.45, 2.75) is 12.5 Å². The molecular formula is C7H8O8. The molecule has 0 unspecified atom stereocenters. The molecule has 0 saturated heterocycles. The van der Waals surface area contributed by atoms with Crippen LogP contribution in [0.3, 0.4) is 0 Å². The minimum absolute atomic E-state index is 1.06. The van der Waals surface area contributed by atoms with Crippen molar-refractivity contribution in [1.82, 2.24) is 0 Å². The van der Waals surface area contributed by atoms with Crippen molar-refractivity contribution in [2.75, 3.05) is 0 Å². The van der Waals surface area contributed by atoms with Crippen molar-refractivity contribution in [3.05, 3.63) is 0 Å². The standard InChI is InChI=1S/C7H8O8/c8-3(9)1-2(4(10)6(12)13)5(11)7(14)15/h2,4,10H,1H2,(H,8,9)(H,12,13)(H,14,15)/t2-,4+/m0/s1. The van der Waals surface area contributed by atoms with Crippen LogP contribution in [0.5, 0.6) is 0 Å². The zero-order valence-electron chi connectivity index (χ0n) is 7.28. The summed E-state index contributed by atoms with van der Waals surface area (Å²) in [5.41, 5.74) is 0. The Hall–Kier alpha value is -1.96. The molecule has 0 aromatic heterocycles. The van der Waals surface area contributed by atoms with E-state index in [-0.39, 0.29) is 0 Å². The third-order valence-electron chi connectivity index (χ3n) is 1.58. The number of ketones is 1. The smallest absolute Gasteiger partial charge is 0.372 e. The molecule has 2 atom stereocenters. The maximum absolute atomic E-state index is 10.8. The van der Waals surface area contributed by atoms with Gasteiger partial charge < -0.3 is 20.4 Å². The van der Waals surface area contributed by atoms with E-state index >= 15 is 0 Å². The molecule has 8 heteroatoms. The number of aliphatic carboxylic acids is 3. The average Bonchev–Trinajstić information content (AvgIpc) is 2.11. The maximum atomic E-state index is 10.8. The van der Waals surface area contributed by atoms with Crippen molar-refractivity contribution >= 4 is 23.7 Å². The number of carboxylic acid groups (broad SMARTS) is 3. The second kappa shape index (κ2) is 5.05. The summed E-state index contributed by atoms with van der Waals surface area (Å²) >= 11 is 0. The van der Waals surface area contributed by atoms with Crippen molar-refractivity contribution in [3.63, 3.8) is 0 Å². The van der Waals surface area contributed by atoms with Gasteiger partial charge in [-0.2, -0.15) is 0 Å². The first-order chi connectivity index (χ1) is 6.77. The molecule has 0 aromatic rings. The molecule has 0 aliphatic heterocycles. The Kier molecular flexibility index (Phi) is 4.39. The molecule has 84 valence electrons. The second-order valence-corrected chi connectivity index (χ2v) is 2.66. The molecule has 4 N–H and O–H groups in total. The van der Waals surface area contributed by atoms with Crippen LogP contribution < -0.4 is 0 Å². The lowest BCUT2D eigenvalue weighted by atomic mass is 9.94. The molecule has 0 rings (SSSR count). The monoisotopic (exact) mass is 220 g/mol. The van der Waals surface area contributed by atoms with Gasteiger partial charge in [-0.05, 0) is 0 Å². The summed E-state index contributed by atoms with van der Waals surface area (Å²) in [6, 6.07) is 0. The molecule has 0 fully saturated rings. The number of Topliss-reactive ketones (excluding diaryl/α,β-unsaturated/α-hetero) is 1. The van der Waals surface area contributed by atoms with E-state index in [4.69, 9.17) is 20.4 Å². The van der Waals surface area contributed by atoms with Crippen molar-refractivity contribution in [3.8, 4) is 0 Å². The largest absolute Gasteiger partial charge is 0.481 e. The van der Waals surface area contributed by atoms with Gasteiger partial charge in [-0.25, -0.2) is 9.59 Å². The number of hydrogen-bond acceptors (Lipinski definition) is 5. The molecule has 15 heavy (non-hydrogen) atoms. The third kappa shape index (κ3) is 3.73. The molecule has 0 spiro atoms. The van der Waals surface area contributed by atoms with Crippen LogP contribution in [0.4, 0.5) is 0 Å². The number of carboxylic acids is 3. The molecule has 0 radical (unpaired) electrons. The fourth-order valence-corrected chi connectivity index (χ4v) is 0.867. The minimum atomic E-state index is -2.34. The lowest BCUT2D eigenvalue weighted by molar-refractivity contribution is -0.160. The summed E-state index contributed by atoms with van der Waals surface area (Å²) < 4.78 is 0. The van der Waals surface area contributed by atoms with Crippen LogP contribution in [0.25, 0.3) is 0 Å². The first-order valence-electron chi connectivity index (χ1n) is 3.67. The predicted octanol–water partition coefficient (Wildman–Crippen LogP) is -1.82. The molecule has 0 bridgehead atoms. The van der Waals surface area contributed by atoms with E-state index in [0.717, 1.165) is 0 Å². The summed E-state index contributed by atoms with van der Waals surface area (Å²) in [5.74, 6) is -9.04. The summed E-state index contributed by atoms with van der Waals surface area (Å²) in [6.45, 7) is 0. The number of aliphatic hydroxyl groups is 1. The van der Waals surface area contributed by atoms with Gasteiger partial charge in [0.25, 0.3) is 0 Å². The van der Waals surface area contributed by atoms with E-state index in [1.165, 1.54) is 0 Å². The van der Waals surface area contributed by atoms with Crippen molar-refractivity contribution in [1.29, 1.82) is 0 Å². The van der Waals surface area contributed by atoms with E-state index < -0.39 is 42.1 Å². The van der Waals surface area contributed by atoms with Gasteiger partial charge >= 0.3 is 17.9 Å². The molecule has 0 saturated carbocycles. The first kappa shape index (κ1) is 13.0. The third-order valence-corrected chi connectivity index (χ3v) is 1.58. The molecule has 8 nitrogen and oxygen atoms in total. The Morgan fingerprint density at radius 1 is 1.00 bits per heavy atom. The van der Waals surface area contributed by atoms with Gasteiger partial charge in [0.2, 0.25) is 5.78 Å². The van der Waals surface area contributed by atoms with E-state index in [1.54, 1.807) is 0 Å². The molecule has 0 aliphatic rings. The Labute approximate surface area is 82.8 Å². The van der Waals surface area contributed by atoms with Crippen LogP contribution in [0.2, 0.25) is 0 Å². The van der Waals surface area contributed by atoms with Gasteiger partial charge in [0, 0.05) is 0 Å². The van der Waals surface area contributed by atoms with Gasteiger partial charge in [0.1, 0.15) is 0 Å². The molecular weight excluding hydrogens is 212 g/mol. The van der Waals surface area contributed by atoms with E-state index in [9.17, 15) is 19.2 Å². The normalized spacial score (nSPS) is 13.9. The van der Waals surface area contributed by atoms with Gasteiger partial charge in [-0.3, -0.25) is 9.59 Å². The lowest BCUT2D eigenvalue weighted by Gasteiger charge is -2.14. The first-order valence-corrected chi connectivity index (χ1v) is 3.67. The molecule has 0 aliphatic carbocycles. The van der Waals surface area contributed by atoms with Crippen LogP contribution in [0.1, 0.15) is 6.42 Å². The highest BCUT2D eigenvalue weighted by atomic mass is 16.4. The van der Waals surface area contributed by atoms with Gasteiger partial charge in [-0.1, -0.05) is 0 Å². The fraction of sp³-hybridized carbons (Fsp3) is 0.429. The Morgan fingerprint density at radius 3 is 1.73 bits per heavy atom. The summed E-state index contributed by atoms with van der Waals surface area (Å²) in [4.78, 5) is 41.5. The maximum Gasteiger partial charge on any atom is 0.372 e. The Morgan fingerprint density at radius 2 is 1.47 bits per heavy atom. The van der Waals surface area contributed by atoms with Crippen LogP contribution in [-0.2, 0) is 19.2 Å². The van der Waals surface area contributed by atoms with Gasteiger partial charge in [-0.15, -0.1) is 0 Å². The zero-order valence-corrected chi connectivity index (χ0v) is 7.28. The molecule has 0 aromatic carbocycles. The highest BCUT2D eigenvalue weighted by Crippen LogP contribution is 2.11. The van der Waals surface area contributed by atoms with Crippen LogP contribution >= 0.6 is 0 Å². The summed E-state index contributed by atoms with van der Waals surface area (Å²) in [7, 11) is 0. The van der Waals surface area contributed by atoms with Gasteiger partial charge in [0.05, 0.1) is 12.3 Å². The minimum Gasteiger partial charge on any atom is -0.481 e. The fourth-order valence-electron chi connectivity index (χ4n) is 0.867. The Balaban J connectivity index is 4.87. The van der Waals surface area contributed by atoms with Crippen LogP contribution in [-0.4, -0.2) is 50.2 Å². The summed E-state index contributed by atoms with van der Waals surface area (Å²) in [6.07, 6.45) is -3.40. The van der Waals surface area contributed by atoms with E-state index in [0.29, 0.717) is 0 Å². The summed E-state index contributed by atoms with van der Waals surface area (Å²) in [5, 5.41) is 33.8. The average molecular weight is 220 g/mol. The number of carbonyl (C=O) groups excluding carboxylic acids is 1. The highest BCUT2D eigenvalue weighted by Gasteiger charge is 2.37. The van der Waals surface area contributed by atoms with E-state index in [2.05, 4.69) is 0 Å². The number of aliphatic hydroxyl groups excluding tert-OH is 1. The molecule has 0 amide bonds. The lowest BCUT2D eigenvalue weighted by Crippen LogP contribution is -2.39. The number of carbonyl (C=O) groups is 4. The SMILES string of the molecule is O=C(O)C[C@H](C(=O)C(=O)O)[C@@H](O)C(=O)O. The van der Waals surface area contributed by atoms with Crippen LogP contribution in [0, 0.1) is 5.92 Å². The Bertz CT molecular complexity index is 306. The van der Waals surface area contributed by atoms with Crippen molar-refractivity contribution < 1.29 is 39.6 Å². The van der Waals surface area contributed by atoms with Crippen LogP contribution in [0.15, 0.2) is 0 Å². The quantitative estimate of drug-likeness (QED) is 0.382. The van der Waals surface area contributed by atoms with Crippen molar-refractivity contribution in [2.24, 2.45) is 5.92 Å². The second-order valence-electron chi connectivity index (χ2n) is 2.66. The number of hydrogen-bond donors (Lipinski definition) is 4. The van der Waals surface area contributed by atoms with Gasteiger partial charge in [0.15, 0.2) is 6.10 Å². The molecule has 0 heterocycles. The van der Waals surface area contributed by atoms with E-state index in [1.807, 2.05) is 0 Å². The number of rotatable bonds is 6. The highest BCUT2D eigenvalue weighted by molar-refractivity contribution is 6.34. The zero-order chi connectivity index (χ0) is 12.2.